The Morgan fingerprint density at radius 1 is 1.17 bits per heavy atom. The number of benzene rings is 1. The Hall–Kier alpha value is -3.61. The molecule has 0 spiro atoms. The molecule has 0 saturated heterocycles. The lowest BCUT2D eigenvalue weighted by Gasteiger charge is -2.29. The van der Waals surface area contributed by atoms with Gasteiger partial charge in [-0.15, -0.1) is 0 Å². The van der Waals surface area contributed by atoms with Gasteiger partial charge >= 0.3 is 6.09 Å². The Morgan fingerprint density at radius 2 is 1.93 bits per heavy atom. The zero-order valence-electron chi connectivity index (χ0n) is 24.4. The van der Waals surface area contributed by atoms with Crippen LogP contribution in [0.1, 0.15) is 61.5 Å². The van der Waals surface area contributed by atoms with Crippen molar-refractivity contribution in [2.75, 3.05) is 39.4 Å². The van der Waals surface area contributed by atoms with Crippen LogP contribution in [0.5, 0.6) is 11.5 Å². The largest absolute Gasteiger partial charge is 0.494 e. The molecule has 0 aliphatic heterocycles. The highest BCUT2D eigenvalue weighted by Gasteiger charge is 2.26. The van der Waals surface area contributed by atoms with Gasteiger partial charge in [-0.25, -0.2) is 9.78 Å². The first-order chi connectivity index (χ1) is 19.5. The molecule has 1 atom stereocenters. The van der Waals surface area contributed by atoms with E-state index in [1.165, 1.54) is 25.3 Å². The van der Waals surface area contributed by atoms with Gasteiger partial charge in [-0.05, 0) is 69.4 Å². The van der Waals surface area contributed by atoms with Gasteiger partial charge in [0.05, 0.1) is 38.1 Å². The van der Waals surface area contributed by atoms with Crippen LogP contribution in [-0.2, 0) is 22.6 Å². The molecule has 12 nitrogen and oxygen atoms in total. The van der Waals surface area contributed by atoms with E-state index in [0.717, 1.165) is 19.3 Å². The number of carbonyl (C=O) groups excluding carboxylic acids is 2. The van der Waals surface area contributed by atoms with Crippen LogP contribution in [-0.4, -0.2) is 83.9 Å². The molecular weight excluding hydrogens is 532 g/mol. The van der Waals surface area contributed by atoms with E-state index in [0.29, 0.717) is 34.5 Å². The summed E-state index contributed by atoms with van der Waals surface area (Å²) >= 11 is 0. The summed E-state index contributed by atoms with van der Waals surface area (Å²) in [7, 11) is 2.96. The van der Waals surface area contributed by atoms with Crippen LogP contribution >= 0.6 is 0 Å². The Bertz CT molecular complexity index is 1170. The summed E-state index contributed by atoms with van der Waals surface area (Å²) in [4.78, 5) is 31.8. The van der Waals surface area contributed by atoms with E-state index in [4.69, 9.17) is 18.9 Å². The van der Waals surface area contributed by atoms with E-state index < -0.39 is 23.7 Å². The smallest absolute Gasteiger partial charge is 0.410 e. The first-order valence-electron chi connectivity index (χ1n) is 13.6. The molecule has 1 saturated carbocycles. The molecule has 0 bridgehead atoms. The number of methoxy groups -OCH3 is 2. The van der Waals surface area contributed by atoms with Gasteiger partial charge < -0.3 is 44.7 Å². The van der Waals surface area contributed by atoms with Crippen LogP contribution in [0.2, 0.25) is 0 Å². The van der Waals surface area contributed by atoms with Crippen LogP contribution < -0.4 is 20.1 Å². The number of aliphatic hydroxyl groups excluding tert-OH is 2. The summed E-state index contributed by atoms with van der Waals surface area (Å²) in [5.41, 5.74) is 0.695. The fourth-order valence-electron chi connectivity index (χ4n) is 4.10. The molecule has 3 rings (SSSR count). The van der Waals surface area contributed by atoms with Crippen molar-refractivity contribution < 1.29 is 38.7 Å². The monoisotopic (exact) mass is 574 g/mol. The third-order valence-corrected chi connectivity index (χ3v) is 6.42. The first-order valence-corrected chi connectivity index (χ1v) is 13.6. The summed E-state index contributed by atoms with van der Waals surface area (Å²) in [6.07, 6.45) is 2.97. The highest BCUT2D eigenvalue weighted by molar-refractivity contribution is 5.97. The van der Waals surface area contributed by atoms with Crippen molar-refractivity contribution in [3.8, 4) is 11.5 Å². The molecule has 1 aromatic carbocycles. The summed E-state index contributed by atoms with van der Waals surface area (Å²) in [6, 6.07) is 7.05. The van der Waals surface area contributed by atoms with Gasteiger partial charge in [0, 0.05) is 26.2 Å². The number of aliphatic hydroxyl groups is 2. The predicted octanol–water partition coefficient (Wildman–Crippen LogP) is 3.06. The maximum absolute atomic E-state index is 13.1. The van der Waals surface area contributed by atoms with E-state index >= 15 is 0 Å². The predicted molar refractivity (Wildman–Crippen MR) is 152 cm³/mol. The Morgan fingerprint density at radius 3 is 2.54 bits per heavy atom. The number of aromatic nitrogens is 1. The summed E-state index contributed by atoms with van der Waals surface area (Å²) in [5, 5.41) is 26.8. The fraction of sp³-hybridized carbons (Fsp3) is 0.552. The van der Waals surface area contributed by atoms with E-state index in [2.05, 4.69) is 15.6 Å². The summed E-state index contributed by atoms with van der Waals surface area (Å²) < 4.78 is 21.4. The van der Waals surface area contributed by atoms with E-state index in [1.807, 2.05) is 0 Å². The topological polar surface area (TPSA) is 152 Å². The molecule has 0 unspecified atom stereocenters. The molecule has 1 aliphatic rings. The van der Waals surface area contributed by atoms with Crippen LogP contribution in [0.15, 0.2) is 30.5 Å². The minimum atomic E-state index is -1.13. The normalized spacial score (nSPS) is 14.0. The number of amides is 2. The number of anilines is 1. The van der Waals surface area contributed by atoms with Crippen molar-refractivity contribution in [3.05, 3.63) is 47.2 Å². The standard InChI is InChI=1S/C29H42N4O8/c1-29(2,3)41-28(37)33(15-20-11-23(40-18-38-4)10-9-19(20)17-34)16-22(35)13-31-27(36)24-12-26(30-14-25(24)39-5)32-21-7-6-8-21/h9-12,14,21-22,34-35H,6-8,13,15-18H2,1-5H3,(H,30,32)(H,31,36)/t22-/m1/s1. The number of nitrogens with zero attached hydrogens (tertiary/aromatic N) is 2. The minimum absolute atomic E-state index is 0.0222. The number of hydrogen-bond acceptors (Lipinski definition) is 10. The molecule has 1 fully saturated rings. The van der Waals surface area contributed by atoms with Crippen molar-refractivity contribution in [3.63, 3.8) is 0 Å². The lowest BCUT2D eigenvalue weighted by Crippen LogP contribution is -2.44. The molecule has 1 aromatic heterocycles. The number of pyridine rings is 1. The second-order valence-corrected chi connectivity index (χ2v) is 10.9. The van der Waals surface area contributed by atoms with Gasteiger partial charge in [-0.1, -0.05) is 6.07 Å². The zero-order valence-corrected chi connectivity index (χ0v) is 24.4. The highest BCUT2D eigenvalue weighted by atomic mass is 16.7. The molecule has 1 heterocycles. The molecule has 4 N–H and O–H groups in total. The van der Waals surface area contributed by atoms with Crippen LogP contribution in [0.25, 0.3) is 0 Å². The lowest BCUT2D eigenvalue weighted by atomic mass is 9.93. The van der Waals surface area contributed by atoms with Crippen molar-refractivity contribution in [1.82, 2.24) is 15.2 Å². The van der Waals surface area contributed by atoms with Crippen molar-refractivity contribution in [2.45, 2.75) is 70.9 Å². The second-order valence-electron chi connectivity index (χ2n) is 10.9. The van der Waals surface area contributed by atoms with Gasteiger partial charge in [0.2, 0.25) is 0 Å². The lowest BCUT2D eigenvalue weighted by molar-refractivity contribution is 0.0126. The number of carbonyl (C=O) groups is 2. The van der Waals surface area contributed by atoms with Crippen molar-refractivity contribution in [2.24, 2.45) is 0 Å². The molecule has 226 valence electrons. The number of hydrogen-bond donors (Lipinski definition) is 4. The average molecular weight is 575 g/mol. The SMILES string of the molecule is COCOc1ccc(CO)c(CN(C[C@H](O)CNC(=O)c2cc(NC3CCC3)ncc2OC)C(=O)OC(C)(C)C)c1. The maximum atomic E-state index is 13.1. The summed E-state index contributed by atoms with van der Waals surface area (Å²) in [5.74, 6) is 0.926. The zero-order chi connectivity index (χ0) is 30.0. The Kier molecular flexibility index (Phi) is 11.6. The van der Waals surface area contributed by atoms with E-state index in [1.54, 1.807) is 45.0 Å². The quantitative estimate of drug-likeness (QED) is 0.248. The Balaban J connectivity index is 1.71. The van der Waals surface area contributed by atoms with Gasteiger partial charge in [-0.3, -0.25) is 4.79 Å². The van der Waals surface area contributed by atoms with Crippen LogP contribution in [0, 0.1) is 0 Å². The summed E-state index contributed by atoms with van der Waals surface area (Å²) in [6.45, 7) is 4.74. The van der Waals surface area contributed by atoms with Gasteiger partial charge in [0.15, 0.2) is 6.79 Å². The van der Waals surface area contributed by atoms with Gasteiger partial charge in [0.1, 0.15) is 22.9 Å². The minimum Gasteiger partial charge on any atom is -0.494 e. The number of rotatable bonds is 14. The molecule has 12 heteroatoms. The molecule has 2 amide bonds. The van der Waals surface area contributed by atoms with Gasteiger partial charge in [0.25, 0.3) is 5.91 Å². The third kappa shape index (κ3) is 9.76. The average Bonchev–Trinajstić information content (AvgIpc) is 2.91. The fourth-order valence-corrected chi connectivity index (χ4v) is 4.10. The third-order valence-electron chi connectivity index (χ3n) is 6.42. The molecule has 41 heavy (non-hydrogen) atoms. The number of nitrogens with one attached hydrogen (secondary N) is 2. The van der Waals surface area contributed by atoms with Gasteiger partial charge in [-0.2, -0.15) is 0 Å². The molecule has 2 aromatic rings. The molecule has 0 radical (unpaired) electrons. The molecular formula is C29H42N4O8. The first kappa shape index (κ1) is 31.9. The van der Waals surface area contributed by atoms with E-state index in [-0.39, 0.29) is 38.6 Å². The molecule has 1 aliphatic carbocycles. The maximum Gasteiger partial charge on any atom is 0.410 e. The van der Waals surface area contributed by atoms with E-state index in [9.17, 15) is 19.8 Å². The highest BCUT2D eigenvalue weighted by Crippen LogP contribution is 2.26. The number of ether oxygens (including phenoxy) is 4. The van der Waals surface area contributed by atoms with Crippen molar-refractivity contribution >= 4 is 17.8 Å². The van der Waals surface area contributed by atoms with Crippen molar-refractivity contribution in [1.29, 1.82) is 0 Å². The Labute approximate surface area is 240 Å². The van der Waals surface area contributed by atoms with Crippen LogP contribution in [0.4, 0.5) is 10.6 Å². The van der Waals surface area contributed by atoms with Crippen LogP contribution in [0.3, 0.4) is 0 Å². The second kappa shape index (κ2) is 14.9.